The second-order valence-corrected chi connectivity index (χ2v) is 3.08. The van der Waals surface area contributed by atoms with Crippen LogP contribution in [0.3, 0.4) is 0 Å². The smallest absolute Gasteiger partial charge is 0.0787 e. The van der Waals surface area contributed by atoms with E-state index in [1.165, 1.54) is 0 Å². The van der Waals surface area contributed by atoms with Gasteiger partial charge >= 0.3 is 0 Å². The van der Waals surface area contributed by atoms with Crippen LogP contribution in [-0.2, 0) is 0 Å². The molecule has 0 amide bonds. The van der Waals surface area contributed by atoms with Crippen molar-refractivity contribution in [2.45, 2.75) is 11.2 Å². The topological polar surface area (TPSA) is 0 Å². The van der Waals surface area contributed by atoms with E-state index in [0.717, 1.165) is 0 Å². The Morgan fingerprint density at radius 1 is 0.500 bits per heavy atom. The molecular weight excluding hydrogens is 132 g/mol. The maximum atomic E-state index is 2.33. The maximum absolute atomic E-state index is 2.33. The lowest BCUT2D eigenvalue weighted by Crippen LogP contribution is -2.34. The second kappa shape index (κ2) is 4.77. The van der Waals surface area contributed by atoms with E-state index in [4.69, 9.17) is 0 Å². The van der Waals surface area contributed by atoms with Crippen molar-refractivity contribution in [1.82, 2.24) is 0 Å². The fourth-order valence-electron chi connectivity index (χ4n) is 1.48. The molecule has 10 heteroatoms. The predicted octanol–water partition coefficient (Wildman–Crippen LogP) is -3.13. The van der Waals surface area contributed by atoms with E-state index in [1.807, 2.05) is 0 Å². The summed E-state index contributed by atoms with van der Waals surface area (Å²) in [5.41, 5.74) is 1.06. The highest BCUT2D eigenvalue weighted by molar-refractivity contribution is 7.64. The van der Waals surface area contributed by atoms with E-state index in [9.17, 15) is 0 Å². The third kappa shape index (κ3) is 2.57. The molecule has 0 saturated carbocycles. The molecule has 0 aromatic rings. The van der Waals surface area contributed by atoms with Crippen molar-refractivity contribution in [3.63, 3.8) is 0 Å². The number of hydrogen-bond acceptors (Lipinski definition) is 0. The average Bonchev–Trinajstić information content (AvgIpc) is 2.51. The fraction of sp³-hybridized carbons (Fsp3) is 1.00. The minimum Gasteiger partial charge on any atom is -0.137 e. The first-order chi connectivity index (χ1) is 5.95. The molecule has 0 spiro atoms. The van der Waals surface area contributed by atoms with Gasteiger partial charge in [0.25, 0.3) is 0 Å². The van der Waals surface area contributed by atoms with Gasteiger partial charge in [-0.25, -0.2) is 0 Å². The van der Waals surface area contributed by atoms with Gasteiger partial charge in [-0.1, -0.05) is 0 Å². The highest BCUT2D eigenvalue weighted by atomic mass is 13.7. The Morgan fingerprint density at radius 2 is 1.00 bits per heavy atom. The summed E-state index contributed by atoms with van der Waals surface area (Å²) in [6, 6.07) is 0. The first kappa shape index (κ1) is 9.21. The largest absolute Gasteiger partial charge is 0.137 e. The van der Waals surface area contributed by atoms with Crippen LogP contribution >= 0.6 is 0 Å². The Bertz CT molecular complexity index is 122. The lowest BCUT2D eigenvalue weighted by Gasteiger charge is -2.11. The molecule has 0 aliphatic carbocycles. The molecule has 2 unspecified atom stereocenters. The first-order valence-electron chi connectivity index (χ1n) is 4.33. The van der Waals surface area contributed by atoms with Crippen molar-refractivity contribution in [2.24, 2.45) is 0 Å². The van der Waals surface area contributed by atoms with Crippen molar-refractivity contribution in [2.75, 3.05) is 0 Å². The third-order valence-electron chi connectivity index (χ3n) is 2.11. The van der Waals surface area contributed by atoms with Gasteiger partial charge < -0.3 is 0 Å². The van der Waals surface area contributed by atoms with E-state index in [2.05, 4.69) is 71.3 Å². The summed E-state index contributed by atoms with van der Waals surface area (Å²) >= 11 is 0. The number of hydrogen-bond donors (Lipinski definition) is 0. The zero-order valence-corrected chi connectivity index (χ0v) is 6.93. The summed E-state index contributed by atoms with van der Waals surface area (Å²) in [4.78, 5) is 0. The molecule has 2 bridgehead atoms. The molecule has 2 atom stereocenters. The summed E-state index contributed by atoms with van der Waals surface area (Å²) in [5, 5.41) is 0. The van der Waals surface area contributed by atoms with Gasteiger partial charge in [-0.2, -0.15) is 0 Å². The maximum Gasteiger partial charge on any atom is 0.0787 e. The number of fused-ring (bicyclic) bond motifs is 2. The van der Waals surface area contributed by atoms with E-state index in [-0.39, 0.29) is 0 Å². The van der Waals surface area contributed by atoms with E-state index in [1.54, 1.807) is 0 Å². The summed E-state index contributed by atoms with van der Waals surface area (Å²) in [7, 11) is 21.6. The SMILES string of the molecule is [B]1[B][B][B]C2[B][B]C([B][B][B]1)[B]2. The average molecular weight is 134 g/mol. The van der Waals surface area contributed by atoms with Crippen molar-refractivity contribution in [3.8, 4) is 0 Å². The quantitative estimate of drug-likeness (QED) is 0.307. The Balaban J connectivity index is 1.82. The molecule has 2 saturated heterocycles. The van der Waals surface area contributed by atoms with Crippen LogP contribution in [0.4, 0.5) is 0 Å². The molecule has 12 heavy (non-hydrogen) atoms. The van der Waals surface area contributed by atoms with Gasteiger partial charge in [0.1, 0.15) is 0 Å². The van der Waals surface area contributed by atoms with Gasteiger partial charge in [0.15, 0.2) is 0 Å². The predicted molar refractivity (Wildman–Crippen MR) is 65.0 cm³/mol. The van der Waals surface area contributed by atoms with Gasteiger partial charge in [0.2, 0.25) is 0 Å². The molecule has 0 N–H and O–H groups in total. The van der Waals surface area contributed by atoms with Gasteiger partial charge in [-0.15, -0.1) is 11.2 Å². The molecule has 2 aliphatic rings. The summed E-state index contributed by atoms with van der Waals surface area (Å²) in [5.74, 6) is 0. The Kier molecular flexibility index (Phi) is 3.66. The van der Waals surface area contributed by atoms with Crippen LogP contribution < -0.4 is 0 Å². The third-order valence-corrected chi connectivity index (χ3v) is 2.11. The van der Waals surface area contributed by atoms with Crippen LogP contribution in [0, 0.1) is 0 Å². The monoisotopic (exact) mass is 136 g/mol. The van der Waals surface area contributed by atoms with Gasteiger partial charge in [0, 0.05) is 64.0 Å². The zero-order valence-electron chi connectivity index (χ0n) is 6.93. The highest BCUT2D eigenvalue weighted by Crippen LogP contribution is 2.16. The lowest BCUT2D eigenvalue weighted by atomic mass is 8.90. The summed E-state index contributed by atoms with van der Waals surface area (Å²) in [6.07, 6.45) is 0. The molecule has 0 aromatic heterocycles. The molecule has 0 nitrogen and oxygen atoms in total. The standard InChI is InChI=1S/C2H2B10/c3-1-4-5-2(3)7-9-11-12-10-8-6-1/h1-2H. The van der Waals surface area contributed by atoms with Crippen LogP contribution in [0.5, 0.6) is 0 Å². The molecule has 40 valence electrons. The summed E-state index contributed by atoms with van der Waals surface area (Å²) < 4.78 is 0. The Hall–Kier alpha value is 0.649. The zero-order chi connectivity index (χ0) is 8.23. The summed E-state index contributed by atoms with van der Waals surface area (Å²) in [6.45, 7) is 0. The molecule has 2 fully saturated rings. The van der Waals surface area contributed by atoms with Crippen molar-refractivity contribution < 1.29 is 0 Å². The van der Waals surface area contributed by atoms with Gasteiger partial charge in [-0.3, -0.25) is 0 Å². The van der Waals surface area contributed by atoms with Crippen LogP contribution in [0.15, 0.2) is 0 Å². The lowest BCUT2D eigenvalue weighted by molar-refractivity contribution is 1.73. The van der Waals surface area contributed by atoms with Crippen molar-refractivity contribution >= 4 is 71.3 Å². The van der Waals surface area contributed by atoms with E-state index in [0.29, 0.717) is 11.2 Å². The van der Waals surface area contributed by atoms with Gasteiger partial charge in [-0.05, 0) is 0 Å². The molecule has 0 aromatic carbocycles. The van der Waals surface area contributed by atoms with E-state index < -0.39 is 0 Å². The second-order valence-electron chi connectivity index (χ2n) is 3.08. The van der Waals surface area contributed by atoms with Crippen LogP contribution in [0.1, 0.15) is 0 Å². The normalized spacial score (nSPS) is 31.3. The molecular formula is C2H2B10. The van der Waals surface area contributed by atoms with Crippen LogP contribution in [0.2, 0.25) is 11.2 Å². The molecule has 2 aliphatic heterocycles. The molecule has 2 heterocycles. The number of rotatable bonds is 0. The molecule has 10 radical (unpaired) electrons. The van der Waals surface area contributed by atoms with E-state index >= 15 is 0 Å². The van der Waals surface area contributed by atoms with Crippen molar-refractivity contribution in [1.29, 1.82) is 0 Å². The first-order valence-corrected chi connectivity index (χ1v) is 4.33. The Labute approximate surface area is 82.8 Å². The van der Waals surface area contributed by atoms with Crippen LogP contribution in [0.25, 0.3) is 0 Å². The van der Waals surface area contributed by atoms with Gasteiger partial charge in [0.05, 0.1) is 7.28 Å². The Morgan fingerprint density at radius 3 is 1.58 bits per heavy atom. The van der Waals surface area contributed by atoms with Crippen LogP contribution in [-0.4, -0.2) is 71.3 Å². The minimum absolute atomic E-state index is 0.530. The van der Waals surface area contributed by atoms with Crippen molar-refractivity contribution in [3.05, 3.63) is 0 Å². The fourth-order valence-corrected chi connectivity index (χ4v) is 1.48. The minimum atomic E-state index is 0.530. The highest BCUT2D eigenvalue weighted by Gasteiger charge is 2.26. The molecule has 2 rings (SSSR count).